The van der Waals surface area contributed by atoms with Gasteiger partial charge in [0.15, 0.2) is 0 Å². The van der Waals surface area contributed by atoms with Crippen LogP contribution >= 0.6 is 22.7 Å². The molecule has 2 aliphatic rings. The van der Waals surface area contributed by atoms with E-state index in [1.54, 1.807) is 18.3 Å². The Hall–Kier alpha value is -1.92. The Labute approximate surface area is 154 Å². The van der Waals surface area contributed by atoms with Gasteiger partial charge in [-0.1, -0.05) is 18.2 Å². The predicted molar refractivity (Wildman–Crippen MR) is 101 cm³/mol. The lowest BCUT2D eigenvalue weighted by Gasteiger charge is -2.17. The summed E-state index contributed by atoms with van der Waals surface area (Å²) in [6.07, 6.45) is 6.37. The molecule has 2 bridgehead atoms. The Morgan fingerprint density at radius 3 is 2.80 bits per heavy atom. The first-order chi connectivity index (χ1) is 12.2. The van der Waals surface area contributed by atoms with Crippen molar-refractivity contribution < 1.29 is 14.3 Å². The molecule has 1 amide bonds. The zero-order valence-electron chi connectivity index (χ0n) is 13.9. The third-order valence-electron chi connectivity index (χ3n) is 4.91. The summed E-state index contributed by atoms with van der Waals surface area (Å²) in [5, 5.41) is 7.50. The van der Waals surface area contributed by atoms with Gasteiger partial charge in [-0.2, -0.15) is 0 Å². The lowest BCUT2D eigenvalue weighted by atomic mass is 9.93. The molecule has 4 nitrogen and oxygen atoms in total. The van der Waals surface area contributed by atoms with Crippen LogP contribution in [-0.4, -0.2) is 18.5 Å². The van der Waals surface area contributed by atoms with Crippen LogP contribution in [0.5, 0.6) is 0 Å². The van der Waals surface area contributed by atoms with Crippen molar-refractivity contribution in [2.24, 2.45) is 17.8 Å². The minimum Gasteiger partial charge on any atom is -0.462 e. The number of thiophene rings is 2. The number of allylic oxidation sites excluding steroid dienone is 2. The quantitative estimate of drug-likeness (QED) is 0.605. The van der Waals surface area contributed by atoms with Crippen molar-refractivity contribution >= 4 is 39.6 Å². The number of carbonyl (C=O) groups excluding carboxylic acids is 2. The minimum atomic E-state index is -0.379. The average Bonchev–Trinajstić information content (AvgIpc) is 3.37. The van der Waals surface area contributed by atoms with E-state index in [0.717, 1.165) is 23.3 Å². The van der Waals surface area contributed by atoms with Gasteiger partial charge >= 0.3 is 5.97 Å². The summed E-state index contributed by atoms with van der Waals surface area (Å²) in [6, 6.07) is 3.92. The number of nitrogens with one attached hydrogen (secondary N) is 1. The van der Waals surface area contributed by atoms with E-state index >= 15 is 0 Å². The summed E-state index contributed by atoms with van der Waals surface area (Å²) >= 11 is 2.96. The van der Waals surface area contributed by atoms with Crippen molar-refractivity contribution in [2.75, 3.05) is 11.9 Å². The molecule has 6 heteroatoms. The number of carbonyl (C=O) groups is 2. The van der Waals surface area contributed by atoms with Crippen LogP contribution in [0.1, 0.15) is 30.1 Å². The first-order valence-corrected chi connectivity index (χ1v) is 10.2. The molecule has 1 fully saturated rings. The van der Waals surface area contributed by atoms with Crippen LogP contribution in [0, 0.1) is 17.8 Å². The summed E-state index contributed by atoms with van der Waals surface area (Å²) < 4.78 is 5.23. The Bertz CT molecular complexity index is 822. The van der Waals surface area contributed by atoms with E-state index in [9.17, 15) is 9.59 Å². The van der Waals surface area contributed by atoms with Crippen LogP contribution in [0.2, 0.25) is 0 Å². The van der Waals surface area contributed by atoms with Crippen LogP contribution in [-0.2, 0) is 9.53 Å². The van der Waals surface area contributed by atoms with Crippen molar-refractivity contribution in [1.29, 1.82) is 0 Å². The molecule has 0 aliphatic heterocycles. The summed E-state index contributed by atoms with van der Waals surface area (Å²) in [7, 11) is 0. The lowest BCUT2D eigenvalue weighted by molar-refractivity contribution is -0.120. The van der Waals surface area contributed by atoms with E-state index in [-0.39, 0.29) is 17.8 Å². The Morgan fingerprint density at radius 2 is 2.16 bits per heavy atom. The van der Waals surface area contributed by atoms with Gasteiger partial charge < -0.3 is 10.1 Å². The van der Waals surface area contributed by atoms with Crippen molar-refractivity contribution in [3.8, 4) is 10.4 Å². The molecule has 0 aromatic carbocycles. The van der Waals surface area contributed by atoms with E-state index in [0.29, 0.717) is 29.0 Å². The van der Waals surface area contributed by atoms with Crippen LogP contribution in [0.25, 0.3) is 10.4 Å². The van der Waals surface area contributed by atoms with Crippen LogP contribution in [0.3, 0.4) is 0 Å². The highest BCUT2D eigenvalue weighted by Gasteiger charge is 2.40. The summed E-state index contributed by atoms with van der Waals surface area (Å²) in [6.45, 7) is 2.10. The molecule has 0 unspecified atom stereocenters. The summed E-state index contributed by atoms with van der Waals surface area (Å²) in [5.41, 5.74) is 1.31. The predicted octanol–water partition coefficient (Wildman–Crippen LogP) is 4.80. The Balaban J connectivity index is 1.61. The fourth-order valence-corrected chi connectivity index (χ4v) is 5.53. The fourth-order valence-electron chi connectivity index (χ4n) is 3.76. The van der Waals surface area contributed by atoms with E-state index in [1.807, 2.05) is 22.9 Å². The maximum absolute atomic E-state index is 12.7. The second-order valence-corrected chi connectivity index (χ2v) is 8.25. The normalized spacial score (nSPS) is 23.8. The van der Waals surface area contributed by atoms with Crippen LogP contribution in [0.4, 0.5) is 5.00 Å². The van der Waals surface area contributed by atoms with Gasteiger partial charge in [-0.3, -0.25) is 4.79 Å². The van der Waals surface area contributed by atoms with Gasteiger partial charge in [-0.15, -0.1) is 22.7 Å². The molecular weight excluding hydrogens is 354 g/mol. The molecule has 130 valence electrons. The number of rotatable bonds is 5. The number of fused-ring (bicyclic) bond motifs is 2. The summed E-state index contributed by atoms with van der Waals surface area (Å²) in [4.78, 5) is 26.2. The van der Waals surface area contributed by atoms with Crippen LogP contribution in [0.15, 0.2) is 35.0 Å². The monoisotopic (exact) mass is 373 g/mol. The highest BCUT2D eigenvalue weighted by molar-refractivity contribution is 7.17. The van der Waals surface area contributed by atoms with Gasteiger partial charge in [0.25, 0.3) is 0 Å². The molecule has 1 N–H and O–H groups in total. The first-order valence-electron chi connectivity index (χ1n) is 8.49. The maximum atomic E-state index is 12.7. The maximum Gasteiger partial charge on any atom is 0.341 e. The number of hydrogen-bond donors (Lipinski definition) is 1. The van der Waals surface area contributed by atoms with E-state index in [2.05, 4.69) is 17.5 Å². The molecule has 2 aliphatic carbocycles. The second kappa shape index (κ2) is 6.77. The van der Waals surface area contributed by atoms with Crippen molar-refractivity contribution in [3.63, 3.8) is 0 Å². The Morgan fingerprint density at radius 1 is 1.28 bits per heavy atom. The zero-order chi connectivity index (χ0) is 17.4. The lowest BCUT2D eigenvalue weighted by Crippen LogP contribution is -2.26. The van der Waals surface area contributed by atoms with E-state index in [1.165, 1.54) is 11.3 Å². The third kappa shape index (κ3) is 3.04. The third-order valence-corrected chi connectivity index (χ3v) is 6.71. The topological polar surface area (TPSA) is 55.4 Å². The van der Waals surface area contributed by atoms with Gasteiger partial charge in [-0.05, 0) is 43.0 Å². The molecule has 3 atom stereocenters. The van der Waals surface area contributed by atoms with Gasteiger partial charge in [-0.25, -0.2) is 4.79 Å². The van der Waals surface area contributed by atoms with Gasteiger partial charge in [0, 0.05) is 21.7 Å². The molecule has 2 aromatic rings. The van der Waals surface area contributed by atoms with Crippen molar-refractivity contribution in [3.05, 3.63) is 40.6 Å². The average molecular weight is 373 g/mol. The molecule has 1 saturated carbocycles. The van der Waals surface area contributed by atoms with Gasteiger partial charge in [0.1, 0.15) is 10.6 Å². The van der Waals surface area contributed by atoms with Gasteiger partial charge in [0.2, 0.25) is 5.91 Å². The zero-order valence-corrected chi connectivity index (χ0v) is 15.5. The van der Waals surface area contributed by atoms with E-state index < -0.39 is 0 Å². The highest BCUT2D eigenvalue weighted by Crippen LogP contribution is 2.45. The highest BCUT2D eigenvalue weighted by atomic mass is 32.1. The number of esters is 1. The molecule has 0 saturated heterocycles. The molecule has 2 heterocycles. The summed E-state index contributed by atoms with van der Waals surface area (Å²) in [5.74, 6) is 0.526. The minimum absolute atomic E-state index is 0.0114. The van der Waals surface area contributed by atoms with Crippen molar-refractivity contribution in [2.45, 2.75) is 19.8 Å². The molecule has 25 heavy (non-hydrogen) atoms. The number of anilines is 1. The molecule has 4 rings (SSSR count). The van der Waals surface area contributed by atoms with Crippen LogP contribution < -0.4 is 5.32 Å². The Kier molecular flexibility index (Phi) is 4.48. The van der Waals surface area contributed by atoms with Gasteiger partial charge in [0.05, 0.1) is 6.61 Å². The van der Waals surface area contributed by atoms with E-state index in [4.69, 9.17) is 4.74 Å². The fraction of sp³-hybridized carbons (Fsp3) is 0.368. The molecule has 2 aromatic heterocycles. The standard InChI is InChI=1S/C19H19NO3S2/c1-2-23-19(22)16-14(15-4-3-7-24-15)10-25-18(16)20-17(21)13-9-11-5-6-12(13)8-11/h3-7,10-13H,2,8-9H2,1H3,(H,20,21)/t11-,12-,13-/m0/s1. The largest absolute Gasteiger partial charge is 0.462 e. The smallest absolute Gasteiger partial charge is 0.341 e. The number of ether oxygens (including phenoxy) is 1. The number of hydrogen-bond acceptors (Lipinski definition) is 5. The molecule has 0 spiro atoms. The SMILES string of the molecule is CCOC(=O)c1c(-c2cccs2)csc1NC(=O)[C@H]1C[C@H]2C=C[C@H]1C2. The van der Waals surface area contributed by atoms with Crippen molar-refractivity contribution in [1.82, 2.24) is 0 Å². The first kappa shape index (κ1) is 16.5. The number of amides is 1. The second-order valence-electron chi connectivity index (χ2n) is 6.43. The molecular formula is C19H19NO3S2. The molecule has 0 radical (unpaired) electrons.